The van der Waals surface area contributed by atoms with Crippen molar-refractivity contribution in [3.8, 4) is 5.75 Å². The van der Waals surface area contributed by atoms with Gasteiger partial charge in [-0.2, -0.15) is 0 Å². The van der Waals surface area contributed by atoms with Crippen molar-refractivity contribution in [1.29, 1.82) is 0 Å². The predicted octanol–water partition coefficient (Wildman–Crippen LogP) is 3.54. The van der Waals surface area contributed by atoms with Crippen LogP contribution in [-0.4, -0.2) is 36.1 Å². The van der Waals surface area contributed by atoms with Gasteiger partial charge in [0.1, 0.15) is 12.4 Å². The summed E-state index contributed by atoms with van der Waals surface area (Å²) in [4.78, 5) is 5.52. The monoisotopic (exact) mass is 266 g/mol. The summed E-state index contributed by atoms with van der Waals surface area (Å²) in [5, 5.41) is 1.78. The summed E-state index contributed by atoms with van der Waals surface area (Å²) in [6.45, 7) is 8.07. The molecule has 3 nitrogen and oxygen atoms in total. The van der Waals surface area contributed by atoms with E-state index in [1.807, 2.05) is 24.4 Å². The molecule has 1 heterocycles. The number of ether oxygens (including phenoxy) is 1. The van der Waals surface area contributed by atoms with E-state index in [0.29, 0.717) is 6.61 Å². The maximum atomic E-state index is 6.00. The topological polar surface area (TPSA) is 28.3 Å². The minimum Gasteiger partial charge on any atom is -0.490 e. The van der Waals surface area contributed by atoms with Crippen molar-refractivity contribution in [3.05, 3.63) is 29.4 Å². The van der Waals surface area contributed by atoms with E-state index >= 15 is 0 Å². The Labute approximate surface area is 113 Å². The summed E-state index contributed by atoms with van der Waals surface area (Å²) in [5.41, 5.74) is 1.05. The van der Waals surface area contributed by atoms with Crippen molar-refractivity contribution < 1.29 is 4.74 Å². The van der Waals surface area contributed by atoms with Gasteiger partial charge in [0.2, 0.25) is 0 Å². The largest absolute Gasteiger partial charge is 0.490 e. The van der Waals surface area contributed by atoms with Gasteiger partial charge in [0.15, 0.2) is 0 Å². The molecule has 1 N–H and O–H groups in total. The number of rotatable bonds is 6. The van der Waals surface area contributed by atoms with E-state index in [0.717, 1.165) is 41.3 Å². The highest BCUT2D eigenvalue weighted by molar-refractivity contribution is 6.31. The lowest BCUT2D eigenvalue weighted by Gasteiger charge is -2.17. The zero-order chi connectivity index (χ0) is 13.0. The third-order valence-corrected chi connectivity index (χ3v) is 3.40. The second kappa shape index (κ2) is 6.12. The SMILES string of the molecule is CCN(CC)CCOc1c[nH]c2ccc(Cl)cc12. The van der Waals surface area contributed by atoms with Crippen LogP contribution in [0.2, 0.25) is 5.02 Å². The lowest BCUT2D eigenvalue weighted by atomic mass is 10.2. The number of nitrogens with zero attached hydrogens (tertiary/aromatic N) is 1. The second-order valence-corrected chi connectivity index (χ2v) is 4.65. The summed E-state index contributed by atoms with van der Waals surface area (Å²) in [7, 11) is 0. The number of hydrogen-bond acceptors (Lipinski definition) is 2. The van der Waals surface area contributed by atoms with E-state index in [4.69, 9.17) is 16.3 Å². The highest BCUT2D eigenvalue weighted by Gasteiger charge is 2.06. The Morgan fingerprint density at radius 2 is 2.06 bits per heavy atom. The number of aromatic nitrogens is 1. The maximum absolute atomic E-state index is 6.00. The fourth-order valence-electron chi connectivity index (χ4n) is 2.01. The number of benzene rings is 1. The van der Waals surface area contributed by atoms with Crippen molar-refractivity contribution in [3.63, 3.8) is 0 Å². The summed E-state index contributed by atoms with van der Waals surface area (Å²) in [5.74, 6) is 0.875. The Hall–Kier alpha value is -1.19. The van der Waals surface area contributed by atoms with Gasteiger partial charge in [-0.25, -0.2) is 0 Å². The summed E-state index contributed by atoms with van der Waals surface area (Å²) >= 11 is 6.00. The van der Waals surface area contributed by atoms with E-state index in [1.54, 1.807) is 0 Å². The smallest absolute Gasteiger partial charge is 0.144 e. The summed E-state index contributed by atoms with van der Waals surface area (Å²) in [6.07, 6.45) is 1.89. The van der Waals surface area contributed by atoms with Gasteiger partial charge in [0.05, 0.1) is 0 Å². The van der Waals surface area contributed by atoms with Crippen molar-refractivity contribution >= 4 is 22.5 Å². The molecular weight excluding hydrogens is 248 g/mol. The Bertz CT molecular complexity index is 505. The number of fused-ring (bicyclic) bond motifs is 1. The minimum atomic E-state index is 0.696. The molecule has 2 rings (SSSR count). The van der Waals surface area contributed by atoms with Crippen molar-refractivity contribution in [1.82, 2.24) is 9.88 Å². The molecule has 0 spiro atoms. The molecular formula is C14H19ClN2O. The molecule has 0 atom stereocenters. The minimum absolute atomic E-state index is 0.696. The fourth-order valence-corrected chi connectivity index (χ4v) is 2.18. The predicted molar refractivity (Wildman–Crippen MR) is 76.6 cm³/mol. The van der Waals surface area contributed by atoms with E-state index in [-0.39, 0.29) is 0 Å². The molecule has 0 saturated heterocycles. The van der Waals surface area contributed by atoms with E-state index in [1.165, 1.54) is 0 Å². The molecule has 0 bridgehead atoms. The average molecular weight is 267 g/mol. The Morgan fingerprint density at radius 1 is 1.28 bits per heavy atom. The molecule has 0 aliphatic rings. The van der Waals surface area contributed by atoms with E-state index in [2.05, 4.69) is 23.7 Å². The van der Waals surface area contributed by atoms with Crippen LogP contribution in [0.3, 0.4) is 0 Å². The standard InChI is InChI=1S/C14H19ClN2O/c1-3-17(4-2)7-8-18-14-10-16-13-6-5-11(15)9-12(13)14/h5-6,9-10,16H,3-4,7-8H2,1-2H3. The number of nitrogens with one attached hydrogen (secondary N) is 1. The van der Waals surface area contributed by atoms with Gasteiger partial charge < -0.3 is 14.6 Å². The molecule has 0 radical (unpaired) electrons. The third-order valence-electron chi connectivity index (χ3n) is 3.17. The molecule has 98 valence electrons. The first kappa shape index (κ1) is 13.2. The van der Waals surface area contributed by atoms with Crippen molar-refractivity contribution in [2.45, 2.75) is 13.8 Å². The Balaban J connectivity index is 2.01. The zero-order valence-electron chi connectivity index (χ0n) is 10.9. The fraction of sp³-hybridized carbons (Fsp3) is 0.429. The lowest BCUT2D eigenvalue weighted by molar-refractivity contribution is 0.224. The van der Waals surface area contributed by atoms with Crippen LogP contribution in [-0.2, 0) is 0 Å². The molecule has 0 unspecified atom stereocenters. The van der Waals surface area contributed by atoms with Crippen LogP contribution in [0, 0.1) is 0 Å². The van der Waals surface area contributed by atoms with Crippen LogP contribution in [0.5, 0.6) is 5.75 Å². The lowest BCUT2D eigenvalue weighted by Crippen LogP contribution is -2.27. The number of aromatic amines is 1. The van der Waals surface area contributed by atoms with E-state index < -0.39 is 0 Å². The molecule has 0 aliphatic carbocycles. The van der Waals surface area contributed by atoms with Crippen LogP contribution in [0.15, 0.2) is 24.4 Å². The van der Waals surface area contributed by atoms with E-state index in [9.17, 15) is 0 Å². The molecule has 18 heavy (non-hydrogen) atoms. The van der Waals surface area contributed by atoms with Gasteiger partial charge in [0, 0.05) is 28.7 Å². The zero-order valence-corrected chi connectivity index (χ0v) is 11.6. The van der Waals surface area contributed by atoms with Gasteiger partial charge in [0.25, 0.3) is 0 Å². The van der Waals surface area contributed by atoms with Crippen LogP contribution in [0.1, 0.15) is 13.8 Å². The molecule has 1 aromatic carbocycles. The Kier molecular flexibility index (Phi) is 4.50. The quantitative estimate of drug-likeness (QED) is 0.866. The number of halogens is 1. The average Bonchev–Trinajstić information content (AvgIpc) is 2.77. The van der Waals surface area contributed by atoms with Gasteiger partial charge in [-0.1, -0.05) is 25.4 Å². The van der Waals surface area contributed by atoms with Crippen LogP contribution >= 0.6 is 11.6 Å². The molecule has 0 aliphatic heterocycles. The van der Waals surface area contributed by atoms with Crippen molar-refractivity contribution in [2.24, 2.45) is 0 Å². The molecule has 2 aromatic rings. The van der Waals surface area contributed by atoms with Gasteiger partial charge in [-0.15, -0.1) is 0 Å². The normalized spacial score (nSPS) is 11.3. The molecule has 0 saturated carbocycles. The highest BCUT2D eigenvalue weighted by atomic mass is 35.5. The van der Waals surface area contributed by atoms with Crippen LogP contribution in [0.25, 0.3) is 10.9 Å². The molecule has 0 amide bonds. The molecule has 1 aromatic heterocycles. The number of H-pyrrole nitrogens is 1. The number of likely N-dealkylation sites (N-methyl/N-ethyl adjacent to an activating group) is 1. The first-order chi connectivity index (χ1) is 8.74. The van der Waals surface area contributed by atoms with Gasteiger partial charge in [-0.3, -0.25) is 0 Å². The first-order valence-electron chi connectivity index (χ1n) is 6.36. The first-order valence-corrected chi connectivity index (χ1v) is 6.74. The van der Waals surface area contributed by atoms with Gasteiger partial charge >= 0.3 is 0 Å². The molecule has 0 fully saturated rings. The maximum Gasteiger partial charge on any atom is 0.144 e. The third kappa shape index (κ3) is 2.98. The number of hydrogen-bond donors (Lipinski definition) is 1. The van der Waals surface area contributed by atoms with Crippen LogP contribution < -0.4 is 4.74 Å². The van der Waals surface area contributed by atoms with Crippen molar-refractivity contribution in [2.75, 3.05) is 26.2 Å². The summed E-state index contributed by atoms with van der Waals surface area (Å²) in [6, 6.07) is 5.77. The second-order valence-electron chi connectivity index (χ2n) is 4.22. The van der Waals surface area contributed by atoms with Gasteiger partial charge in [-0.05, 0) is 31.3 Å². The Morgan fingerprint density at radius 3 is 2.78 bits per heavy atom. The summed E-state index contributed by atoms with van der Waals surface area (Å²) < 4.78 is 5.82. The molecule has 4 heteroatoms. The van der Waals surface area contributed by atoms with Crippen LogP contribution in [0.4, 0.5) is 0 Å². The highest BCUT2D eigenvalue weighted by Crippen LogP contribution is 2.27.